The molecule has 0 radical (unpaired) electrons. The monoisotopic (exact) mass is 396 g/mol. The molecule has 0 fully saturated rings. The van der Waals surface area contributed by atoms with Crippen molar-refractivity contribution in [3.63, 3.8) is 0 Å². The Morgan fingerprint density at radius 2 is 1.72 bits per heavy atom. The number of hydrogen-bond donors (Lipinski definition) is 2. The number of anilines is 1. The predicted octanol–water partition coefficient (Wildman–Crippen LogP) is 5.94. The number of nitrogens with one attached hydrogen (secondary N) is 2. The average molecular weight is 397 g/mol. The summed E-state index contributed by atoms with van der Waals surface area (Å²) in [4.78, 5) is 25.0. The highest BCUT2D eigenvalue weighted by molar-refractivity contribution is 5.95. The molecule has 2 aromatic carbocycles. The molecule has 2 N–H and O–H groups in total. The van der Waals surface area contributed by atoms with Gasteiger partial charge in [-0.3, -0.25) is 4.79 Å². The van der Waals surface area contributed by atoms with E-state index in [-0.39, 0.29) is 17.9 Å². The first kappa shape index (κ1) is 22.5. The van der Waals surface area contributed by atoms with Crippen molar-refractivity contribution in [1.82, 2.24) is 5.32 Å². The molecule has 0 aliphatic rings. The van der Waals surface area contributed by atoms with Crippen LogP contribution in [0.2, 0.25) is 0 Å². The van der Waals surface area contributed by atoms with Crippen LogP contribution in [0.5, 0.6) is 5.75 Å². The van der Waals surface area contributed by atoms with Crippen LogP contribution in [0, 0.1) is 11.3 Å². The lowest BCUT2D eigenvalue weighted by atomic mass is 9.87. The Hall–Kier alpha value is -2.82. The van der Waals surface area contributed by atoms with E-state index in [2.05, 4.69) is 17.6 Å². The van der Waals surface area contributed by atoms with E-state index in [0.717, 1.165) is 18.4 Å². The van der Waals surface area contributed by atoms with Gasteiger partial charge in [0.2, 0.25) is 5.91 Å². The minimum Gasteiger partial charge on any atom is -0.410 e. The molecular formula is C24H32N2O3. The third-order valence-electron chi connectivity index (χ3n) is 4.89. The molecule has 2 rings (SSSR count). The first-order chi connectivity index (χ1) is 13.7. The van der Waals surface area contributed by atoms with Gasteiger partial charge in [-0.2, -0.15) is 0 Å². The average Bonchev–Trinajstić information content (AvgIpc) is 2.66. The van der Waals surface area contributed by atoms with E-state index in [1.54, 1.807) is 24.3 Å². The van der Waals surface area contributed by atoms with Crippen molar-refractivity contribution in [3.05, 3.63) is 60.2 Å². The molecule has 1 atom stereocenters. The first-order valence-corrected chi connectivity index (χ1v) is 10.2. The number of carbonyl (C=O) groups excluding carboxylic acids is 2. The van der Waals surface area contributed by atoms with Gasteiger partial charge < -0.3 is 15.4 Å². The fraction of sp³-hybridized carbons (Fsp3) is 0.417. The summed E-state index contributed by atoms with van der Waals surface area (Å²) in [6.45, 7) is 10.0. The molecule has 156 valence electrons. The summed E-state index contributed by atoms with van der Waals surface area (Å²) in [6, 6.07) is 16.5. The Balaban J connectivity index is 2.04. The summed E-state index contributed by atoms with van der Waals surface area (Å²) in [5, 5.41) is 5.85. The van der Waals surface area contributed by atoms with Crippen molar-refractivity contribution in [1.29, 1.82) is 0 Å². The van der Waals surface area contributed by atoms with Crippen molar-refractivity contribution in [2.75, 3.05) is 5.32 Å². The SMILES string of the molecule is CCCC(C)(C)C(=O)Nc1cccc(OC(=O)NC(c2ccccc2)C(C)C)c1. The zero-order chi connectivity index (χ0) is 21.4. The summed E-state index contributed by atoms with van der Waals surface area (Å²) in [5.41, 5.74) is 1.18. The topological polar surface area (TPSA) is 67.4 Å². The molecular weight excluding hydrogens is 364 g/mol. The number of benzene rings is 2. The van der Waals surface area contributed by atoms with Crippen LogP contribution >= 0.6 is 0 Å². The van der Waals surface area contributed by atoms with Crippen molar-refractivity contribution in [3.8, 4) is 5.75 Å². The Labute approximate surface area is 173 Å². The van der Waals surface area contributed by atoms with Gasteiger partial charge in [0.1, 0.15) is 5.75 Å². The zero-order valence-corrected chi connectivity index (χ0v) is 18.0. The molecule has 0 aliphatic carbocycles. The van der Waals surface area contributed by atoms with Crippen LogP contribution in [0.1, 0.15) is 59.1 Å². The lowest BCUT2D eigenvalue weighted by Crippen LogP contribution is -2.34. The van der Waals surface area contributed by atoms with E-state index in [0.29, 0.717) is 11.4 Å². The van der Waals surface area contributed by atoms with Gasteiger partial charge in [-0.25, -0.2) is 4.79 Å². The number of rotatable bonds is 8. The van der Waals surface area contributed by atoms with E-state index in [9.17, 15) is 9.59 Å². The second-order valence-corrected chi connectivity index (χ2v) is 8.28. The summed E-state index contributed by atoms with van der Waals surface area (Å²) in [7, 11) is 0. The largest absolute Gasteiger partial charge is 0.413 e. The highest BCUT2D eigenvalue weighted by Crippen LogP contribution is 2.26. The molecule has 0 saturated carbocycles. The maximum atomic E-state index is 12.5. The van der Waals surface area contributed by atoms with E-state index < -0.39 is 11.5 Å². The Morgan fingerprint density at radius 1 is 1.03 bits per heavy atom. The molecule has 29 heavy (non-hydrogen) atoms. The van der Waals surface area contributed by atoms with Crippen LogP contribution in [0.15, 0.2) is 54.6 Å². The highest BCUT2D eigenvalue weighted by Gasteiger charge is 2.26. The van der Waals surface area contributed by atoms with Crippen LogP contribution in [-0.4, -0.2) is 12.0 Å². The second kappa shape index (κ2) is 10.1. The standard InChI is InChI=1S/C24H32N2O3/c1-6-15-24(4,5)22(27)25-19-13-10-14-20(16-19)29-23(28)26-21(17(2)3)18-11-8-7-9-12-18/h7-14,16-17,21H,6,15H2,1-5H3,(H,25,27)(H,26,28). The normalized spacial score (nSPS) is 12.3. The number of amides is 2. The molecule has 0 bridgehead atoms. The maximum Gasteiger partial charge on any atom is 0.413 e. The van der Waals surface area contributed by atoms with Crippen LogP contribution in [0.3, 0.4) is 0 Å². The van der Waals surface area contributed by atoms with Crippen molar-refractivity contribution in [2.45, 2.75) is 53.5 Å². The van der Waals surface area contributed by atoms with Gasteiger partial charge in [0.25, 0.3) is 0 Å². The van der Waals surface area contributed by atoms with E-state index in [1.165, 1.54) is 0 Å². The lowest BCUT2D eigenvalue weighted by molar-refractivity contribution is -0.124. The molecule has 5 nitrogen and oxygen atoms in total. The summed E-state index contributed by atoms with van der Waals surface area (Å²) >= 11 is 0. The van der Waals surface area contributed by atoms with Gasteiger partial charge in [0.15, 0.2) is 0 Å². The van der Waals surface area contributed by atoms with E-state index >= 15 is 0 Å². The smallest absolute Gasteiger partial charge is 0.410 e. The van der Waals surface area contributed by atoms with Gasteiger partial charge >= 0.3 is 6.09 Å². The Kier molecular flexibility index (Phi) is 7.82. The van der Waals surface area contributed by atoms with Gasteiger partial charge in [0.05, 0.1) is 6.04 Å². The minimum absolute atomic E-state index is 0.0510. The molecule has 5 heteroatoms. The van der Waals surface area contributed by atoms with E-state index in [4.69, 9.17) is 4.74 Å². The Bertz CT molecular complexity index is 816. The lowest BCUT2D eigenvalue weighted by Gasteiger charge is -2.23. The number of hydrogen-bond acceptors (Lipinski definition) is 3. The van der Waals surface area contributed by atoms with Gasteiger partial charge in [-0.15, -0.1) is 0 Å². The van der Waals surface area contributed by atoms with Gasteiger partial charge in [-0.1, -0.05) is 77.4 Å². The van der Waals surface area contributed by atoms with Crippen molar-refractivity contribution >= 4 is 17.7 Å². The molecule has 0 spiro atoms. The second-order valence-electron chi connectivity index (χ2n) is 8.28. The molecule has 0 aliphatic heterocycles. The predicted molar refractivity (Wildman–Crippen MR) is 117 cm³/mol. The first-order valence-electron chi connectivity index (χ1n) is 10.2. The molecule has 2 amide bonds. The fourth-order valence-corrected chi connectivity index (χ4v) is 3.23. The molecule has 1 unspecified atom stereocenters. The third kappa shape index (κ3) is 6.63. The van der Waals surface area contributed by atoms with Crippen molar-refractivity contribution < 1.29 is 14.3 Å². The Morgan fingerprint density at radius 3 is 2.34 bits per heavy atom. The maximum absolute atomic E-state index is 12.5. The number of ether oxygens (including phenoxy) is 1. The van der Waals surface area contributed by atoms with Crippen LogP contribution in [0.4, 0.5) is 10.5 Å². The summed E-state index contributed by atoms with van der Waals surface area (Å²) in [6.07, 6.45) is 1.21. The van der Waals surface area contributed by atoms with E-state index in [1.807, 2.05) is 58.0 Å². The highest BCUT2D eigenvalue weighted by atomic mass is 16.6. The molecule has 0 saturated heterocycles. The zero-order valence-electron chi connectivity index (χ0n) is 18.0. The fourth-order valence-electron chi connectivity index (χ4n) is 3.23. The van der Waals surface area contributed by atoms with Gasteiger partial charge in [0, 0.05) is 17.2 Å². The quantitative estimate of drug-likeness (QED) is 0.580. The van der Waals surface area contributed by atoms with Crippen LogP contribution in [-0.2, 0) is 4.79 Å². The van der Waals surface area contributed by atoms with Crippen LogP contribution < -0.4 is 15.4 Å². The number of carbonyl (C=O) groups is 2. The van der Waals surface area contributed by atoms with Crippen molar-refractivity contribution in [2.24, 2.45) is 11.3 Å². The summed E-state index contributed by atoms with van der Waals surface area (Å²) in [5.74, 6) is 0.533. The summed E-state index contributed by atoms with van der Waals surface area (Å²) < 4.78 is 5.47. The molecule has 2 aromatic rings. The molecule has 0 heterocycles. The van der Waals surface area contributed by atoms with Crippen LogP contribution in [0.25, 0.3) is 0 Å². The van der Waals surface area contributed by atoms with Gasteiger partial charge in [-0.05, 0) is 30.0 Å². The third-order valence-corrected chi connectivity index (χ3v) is 4.89. The minimum atomic E-state index is -0.526. The molecule has 0 aromatic heterocycles.